The number of para-hydroxylation sites is 8. The summed E-state index contributed by atoms with van der Waals surface area (Å²) in [4.78, 5) is 0. The van der Waals surface area contributed by atoms with Gasteiger partial charge in [0.2, 0.25) is 0 Å². The molecule has 0 bridgehead atoms. The molecule has 0 fully saturated rings. The van der Waals surface area contributed by atoms with Gasteiger partial charge in [0.05, 0.1) is 14.5 Å². The fourth-order valence-corrected chi connectivity index (χ4v) is 13.1. The van der Waals surface area contributed by atoms with Crippen molar-refractivity contribution in [3.05, 3.63) is 369 Å². The van der Waals surface area contributed by atoms with Crippen molar-refractivity contribution in [1.29, 1.82) is 0 Å². The molecule has 21 heteroatoms. The first-order chi connectivity index (χ1) is 64.7. The number of benzene rings is 15. The molecule has 16 nitrogen and oxygen atoms in total. The topological polar surface area (TPSA) is 324 Å². The maximum absolute atomic E-state index is 12.4. The fourth-order valence-electron chi connectivity index (χ4n) is 11.9. The number of aryl methyl sites for hydroxylation is 1. The lowest BCUT2D eigenvalue weighted by Crippen LogP contribution is -2.06. The lowest BCUT2D eigenvalue weighted by atomic mass is 9.98. The third-order valence-electron chi connectivity index (χ3n) is 18.9. The third kappa shape index (κ3) is 40.9. The highest BCUT2D eigenvalue weighted by molar-refractivity contribution is 9.11. The van der Waals surface area contributed by atoms with E-state index < -0.39 is 11.7 Å². The average molecular weight is 1990 g/mol. The molecule has 16 N–H and O–H groups in total. The van der Waals surface area contributed by atoms with Crippen molar-refractivity contribution in [2.45, 2.75) is 181 Å². The van der Waals surface area contributed by atoms with E-state index in [1.165, 1.54) is 35.4 Å². The lowest BCUT2D eigenvalue weighted by Gasteiger charge is -2.12. The van der Waals surface area contributed by atoms with Crippen LogP contribution in [0, 0.1) is 6.92 Å². The molecule has 0 saturated heterocycles. The summed E-state index contributed by atoms with van der Waals surface area (Å²) in [5.74, 6) is 4.36. The highest BCUT2D eigenvalue weighted by atomic mass is 79.9. The van der Waals surface area contributed by atoms with Crippen molar-refractivity contribution in [3.8, 4) is 136 Å². The Balaban J connectivity index is 0.000000749. The van der Waals surface area contributed by atoms with Crippen LogP contribution in [0.1, 0.15) is 207 Å². The van der Waals surface area contributed by atoms with Crippen LogP contribution in [0.4, 0.5) is 13.2 Å². The molecule has 15 rings (SSSR count). The maximum atomic E-state index is 12.4. The molecule has 15 aromatic carbocycles. The van der Waals surface area contributed by atoms with Crippen LogP contribution in [0.2, 0.25) is 0 Å². The van der Waals surface area contributed by atoms with Crippen LogP contribution in [-0.4, -0.2) is 81.7 Å². The van der Waals surface area contributed by atoms with Gasteiger partial charge >= 0.3 is 6.18 Å². The van der Waals surface area contributed by atoms with Crippen LogP contribution < -0.4 is 0 Å². The first-order valence-electron chi connectivity index (χ1n) is 45.0. The van der Waals surface area contributed by atoms with Gasteiger partial charge in [-0.3, -0.25) is 0 Å². The van der Waals surface area contributed by atoms with Gasteiger partial charge in [-0.1, -0.05) is 344 Å². The quantitative estimate of drug-likeness (QED) is 0.0597. The predicted octanol–water partition coefficient (Wildman–Crippen LogP) is 33.6. The minimum atomic E-state index is -4.24. The van der Waals surface area contributed by atoms with E-state index in [1.54, 1.807) is 231 Å². The van der Waals surface area contributed by atoms with E-state index >= 15 is 0 Å². The van der Waals surface area contributed by atoms with E-state index in [0.29, 0.717) is 84.3 Å². The molecule has 0 aliphatic rings. The molecule has 0 spiro atoms. The molecule has 0 aromatic heterocycles. The fraction of sp³-hybridized carbons (Fsp3) is 0.235. The maximum Gasteiger partial charge on any atom is 0.416 e. The first kappa shape index (κ1) is 120. The second kappa shape index (κ2) is 64.1. The van der Waals surface area contributed by atoms with Crippen LogP contribution in [0.3, 0.4) is 0 Å². The molecule has 0 saturated carbocycles. The van der Waals surface area contributed by atoms with Crippen LogP contribution in [-0.2, 0) is 6.18 Å². The molecule has 0 amide bonds. The van der Waals surface area contributed by atoms with Crippen LogP contribution >= 0.6 is 31.9 Å². The van der Waals surface area contributed by atoms with Crippen molar-refractivity contribution in [2.24, 2.45) is 0 Å². The smallest absolute Gasteiger partial charge is 0.416 e. The highest BCUT2D eigenvalue weighted by Gasteiger charge is 2.31. The van der Waals surface area contributed by atoms with E-state index in [-0.39, 0.29) is 98.1 Å². The summed E-state index contributed by atoms with van der Waals surface area (Å²) >= 11 is 6.57. The molecule has 0 aliphatic carbocycles. The SMILES string of the molecule is CC.CC.CC.CC.CC.CC(C)c1cc(Br)c(O)c(Br)c1.CC(C)c1ccc(O)c(O)c1.CC(C)c1ccc(O)cc1.CC(C)c1ccc(O)cc1O.Cc1cc(C(C)C)cc(C(F)(F)F)c1.Oc1cccc2c(O)cccc12.Oc1ccccc1-c1ccccc1O.Oc1ccccc1-c1ccccc1O.Oc1ccccc1-c1ccccc1O.Oc1ccccc1-c1ccccc1O. The Morgan fingerprint density at radius 3 is 0.721 bits per heavy atom. The second-order valence-corrected chi connectivity index (χ2v) is 31.8. The summed E-state index contributed by atoms with van der Waals surface area (Å²) in [6.45, 7) is 42.0. The summed E-state index contributed by atoms with van der Waals surface area (Å²) in [6.07, 6.45) is -4.24. The zero-order chi connectivity index (χ0) is 103. The minimum absolute atomic E-state index is 0.0452. The van der Waals surface area contributed by atoms with E-state index in [0.717, 1.165) is 25.6 Å². The molecular weight excluding hydrogens is 1850 g/mol. The van der Waals surface area contributed by atoms with Gasteiger partial charge in [0, 0.05) is 61.3 Å². The van der Waals surface area contributed by atoms with Gasteiger partial charge in [-0.2, -0.15) is 13.2 Å². The number of fused-ring (bicyclic) bond motifs is 1. The summed E-state index contributed by atoms with van der Waals surface area (Å²) in [7, 11) is 0. The second-order valence-electron chi connectivity index (χ2n) is 30.1. The van der Waals surface area contributed by atoms with Gasteiger partial charge in [-0.15, -0.1) is 0 Å². The number of alkyl halides is 3. The van der Waals surface area contributed by atoms with Gasteiger partial charge in [0.25, 0.3) is 0 Å². The Morgan fingerprint density at radius 2 is 0.471 bits per heavy atom. The molecule has 136 heavy (non-hydrogen) atoms. The van der Waals surface area contributed by atoms with Gasteiger partial charge in [0.15, 0.2) is 11.5 Å². The van der Waals surface area contributed by atoms with E-state index in [9.17, 15) is 74.4 Å². The number of halogens is 5. The summed E-state index contributed by atoms with van der Waals surface area (Å²) < 4.78 is 38.7. The van der Waals surface area contributed by atoms with E-state index in [1.807, 2.05) is 184 Å². The molecular formula is C115H137Br2F3O16. The Kier molecular flexibility index (Phi) is 56.6. The van der Waals surface area contributed by atoms with Crippen LogP contribution in [0.5, 0.6) is 92.0 Å². The van der Waals surface area contributed by atoms with Gasteiger partial charge < -0.3 is 81.7 Å². The van der Waals surface area contributed by atoms with Crippen molar-refractivity contribution in [1.82, 2.24) is 0 Å². The van der Waals surface area contributed by atoms with Crippen LogP contribution in [0.15, 0.2) is 330 Å². The number of rotatable bonds is 9. The number of phenols is 16. The van der Waals surface area contributed by atoms with Crippen molar-refractivity contribution >= 4 is 42.6 Å². The standard InChI is InChI=1S/4C12H10O2.C11H13F3.C10H8O2.C9H10Br2O.2C9H12O2.C9H12O.5C2H6/c4*13-11-7-3-1-5-9(11)10-6-2-4-8-12(10)14;1-7(2)9-4-8(3)5-10(6-9)11(12,13)14;11-9-5-1-3-7-8(9)4-2-6-10(7)12;1-5(2)6-3-7(10)9(12)8(11)4-6;1-6(2)8-4-3-7(10)5-9(8)11;1-6(2)7-3-4-8(10)9(11)5-7;1-7(2)8-3-5-9(10)6-4-8;5*1-2/h4*1-8,13-14H;4-7H,1-3H3;1-6,11-12H;3-5,12H,1-2H3;2*3-6,10-11H,1-2H3;3-7,10H,1-2H3;5*1-2H3. The van der Waals surface area contributed by atoms with Crippen LogP contribution in [0.25, 0.3) is 55.3 Å². The largest absolute Gasteiger partial charge is 0.508 e. The molecule has 0 unspecified atom stereocenters. The summed E-state index contributed by atoms with van der Waals surface area (Å²) in [5.41, 5.74) is 10.3. The molecule has 0 atom stereocenters. The zero-order valence-electron chi connectivity index (χ0n) is 81.5. The molecule has 0 heterocycles. The Morgan fingerprint density at radius 1 is 0.213 bits per heavy atom. The molecule has 15 aromatic rings. The lowest BCUT2D eigenvalue weighted by molar-refractivity contribution is -0.137. The van der Waals surface area contributed by atoms with E-state index in [2.05, 4.69) is 59.6 Å². The van der Waals surface area contributed by atoms with Gasteiger partial charge in [0.1, 0.15) is 80.5 Å². The highest BCUT2D eigenvalue weighted by Crippen LogP contribution is 2.41. The number of phenolic OH excluding ortho intramolecular Hbond substituents is 16. The number of hydrogen-bond donors (Lipinski definition) is 16. The Hall–Kier alpha value is -13.9. The Labute approximate surface area is 819 Å². The molecule has 728 valence electrons. The monoisotopic (exact) mass is 1990 g/mol. The number of aromatic hydroxyl groups is 16. The van der Waals surface area contributed by atoms with Gasteiger partial charge in [-0.05, 0) is 211 Å². The van der Waals surface area contributed by atoms with Gasteiger partial charge in [-0.25, -0.2) is 0 Å². The number of hydrogen-bond acceptors (Lipinski definition) is 16. The van der Waals surface area contributed by atoms with Crippen molar-refractivity contribution < 1.29 is 94.9 Å². The Bertz CT molecular complexity index is 5350. The van der Waals surface area contributed by atoms with Crippen molar-refractivity contribution in [2.75, 3.05) is 0 Å². The summed E-state index contributed by atoms with van der Waals surface area (Å²) in [6, 6.07) is 90.6. The minimum Gasteiger partial charge on any atom is -0.508 e. The molecule has 0 radical (unpaired) electrons. The van der Waals surface area contributed by atoms with E-state index in [4.69, 9.17) is 20.4 Å². The molecule has 0 aliphatic heterocycles. The zero-order valence-corrected chi connectivity index (χ0v) is 84.7. The predicted molar refractivity (Wildman–Crippen MR) is 563 cm³/mol. The first-order valence-corrected chi connectivity index (χ1v) is 46.6. The average Bonchev–Trinajstić information content (AvgIpc) is 0.812. The normalized spacial score (nSPS) is 9.90. The summed E-state index contributed by atoms with van der Waals surface area (Å²) in [5, 5.41) is 151. The third-order valence-corrected chi connectivity index (χ3v) is 20.1. The van der Waals surface area contributed by atoms with Crippen molar-refractivity contribution in [3.63, 3.8) is 0 Å².